The van der Waals surface area contributed by atoms with Gasteiger partial charge in [-0.05, 0) is 18.6 Å². The largest absolute Gasteiger partial charge is 0.378 e. The minimum Gasteiger partial charge on any atom is -0.378 e. The number of hydrogen-bond donors (Lipinski definition) is 1. The van der Waals surface area contributed by atoms with Gasteiger partial charge < -0.3 is 10.1 Å². The number of rotatable bonds is 4. The van der Waals surface area contributed by atoms with Crippen LogP contribution in [0.4, 0.5) is 10.2 Å². The number of aryl methyl sites for hydroxylation is 1. The minimum atomic E-state index is -0.260. The van der Waals surface area contributed by atoms with Crippen LogP contribution in [-0.4, -0.2) is 24.1 Å². The van der Waals surface area contributed by atoms with Gasteiger partial charge in [0.15, 0.2) is 5.82 Å². The molecule has 5 heteroatoms. The lowest BCUT2D eigenvalue weighted by Crippen LogP contribution is -2.02. The first kappa shape index (κ1) is 13.4. The van der Waals surface area contributed by atoms with Crippen LogP contribution in [0.25, 0.3) is 11.4 Å². The summed E-state index contributed by atoms with van der Waals surface area (Å²) >= 11 is 0. The van der Waals surface area contributed by atoms with E-state index in [0.29, 0.717) is 29.4 Å². The SMILES string of the molecule is CNc1cc(COC)nc(-c2ccc(C)c(F)c2)n1. The molecule has 0 saturated carbocycles. The summed E-state index contributed by atoms with van der Waals surface area (Å²) in [6, 6.07) is 6.78. The van der Waals surface area contributed by atoms with Crippen LogP contribution in [0.5, 0.6) is 0 Å². The first-order chi connectivity index (χ1) is 9.13. The number of ether oxygens (including phenoxy) is 1. The fourth-order valence-corrected chi connectivity index (χ4v) is 1.71. The van der Waals surface area contributed by atoms with Gasteiger partial charge in [0.05, 0.1) is 12.3 Å². The predicted octanol–water partition coefficient (Wildman–Crippen LogP) is 2.78. The van der Waals surface area contributed by atoms with Crippen LogP contribution in [0.2, 0.25) is 0 Å². The second-order valence-electron chi connectivity index (χ2n) is 4.22. The molecule has 0 aliphatic rings. The highest BCUT2D eigenvalue weighted by atomic mass is 19.1. The zero-order chi connectivity index (χ0) is 13.8. The second-order valence-corrected chi connectivity index (χ2v) is 4.22. The quantitative estimate of drug-likeness (QED) is 0.919. The smallest absolute Gasteiger partial charge is 0.161 e. The zero-order valence-electron chi connectivity index (χ0n) is 11.2. The van der Waals surface area contributed by atoms with Gasteiger partial charge in [-0.1, -0.05) is 12.1 Å². The topological polar surface area (TPSA) is 47.0 Å². The lowest BCUT2D eigenvalue weighted by molar-refractivity contribution is 0.181. The van der Waals surface area contributed by atoms with Crippen molar-refractivity contribution in [3.05, 3.63) is 41.3 Å². The van der Waals surface area contributed by atoms with E-state index >= 15 is 0 Å². The van der Waals surface area contributed by atoms with Gasteiger partial charge in [-0.15, -0.1) is 0 Å². The van der Waals surface area contributed by atoms with E-state index in [2.05, 4.69) is 15.3 Å². The van der Waals surface area contributed by atoms with Crippen LogP contribution in [-0.2, 0) is 11.3 Å². The van der Waals surface area contributed by atoms with Gasteiger partial charge in [0.2, 0.25) is 0 Å². The maximum absolute atomic E-state index is 13.6. The average molecular weight is 261 g/mol. The highest BCUT2D eigenvalue weighted by Gasteiger charge is 2.08. The summed E-state index contributed by atoms with van der Waals surface area (Å²) in [6.07, 6.45) is 0. The third-order valence-corrected chi connectivity index (χ3v) is 2.76. The molecule has 0 spiro atoms. The summed E-state index contributed by atoms with van der Waals surface area (Å²) < 4.78 is 18.7. The van der Waals surface area contributed by atoms with Gasteiger partial charge in [0.25, 0.3) is 0 Å². The number of halogens is 1. The molecule has 0 unspecified atom stereocenters. The number of hydrogen-bond acceptors (Lipinski definition) is 4. The Hall–Kier alpha value is -2.01. The van der Waals surface area contributed by atoms with E-state index in [1.165, 1.54) is 6.07 Å². The van der Waals surface area contributed by atoms with Crippen molar-refractivity contribution < 1.29 is 9.13 Å². The zero-order valence-corrected chi connectivity index (χ0v) is 11.2. The Balaban J connectivity index is 2.47. The van der Waals surface area contributed by atoms with Gasteiger partial charge in [-0.3, -0.25) is 0 Å². The molecule has 1 N–H and O–H groups in total. The van der Waals surface area contributed by atoms with Crippen LogP contribution in [0.3, 0.4) is 0 Å². The molecular formula is C14H16FN3O. The average Bonchev–Trinajstić information content (AvgIpc) is 2.42. The van der Waals surface area contributed by atoms with E-state index in [-0.39, 0.29) is 5.82 Å². The first-order valence-electron chi connectivity index (χ1n) is 5.95. The van der Waals surface area contributed by atoms with Gasteiger partial charge in [0, 0.05) is 25.8 Å². The molecule has 0 fully saturated rings. The fourth-order valence-electron chi connectivity index (χ4n) is 1.71. The van der Waals surface area contributed by atoms with E-state index in [0.717, 1.165) is 5.69 Å². The number of aromatic nitrogens is 2. The third-order valence-electron chi connectivity index (χ3n) is 2.76. The van der Waals surface area contributed by atoms with Gasteiger partial charge >= 0.3 is 0 Å². The van der Waals surface area contributed by atoms with Crippen LogP contribution in [0.1, 0.15) is 11.3 Å². The Morgan fingerprint density at radius 3 is 2.68 bits per heavy atom. The van der Waals surface area contributed by atoms with Crippen LogP contribution < -0.4 is 5.32 Å². The molecule has 0 atom stereocenters. The van der Waals surface area contributed by atoms with Crippen molar-refractivity contribution in [1.29, 1.82) is 0 Å². The van der Waals surface area contributed by atoms with Gasteiger partial charge in [-0.2, -0.15) is 0 Å². The van der Waals surface area contributed by atoms with Crippen LogP contribution in [0, 0.1) is 12.7 Å². The van der Waals surface area contributed by atoms with E-state index in [4.69, 9.17) is 4.74 Å². The van der Waals surface area contributed by atoms with Crippen molar-refractivity contribution in [3.63, 3.8) is 0 Å². The molecule has 2 aromatic rings. The Morgan fingerprint density at radius 2 is 2.05 bits per heavy atom. The van der Waals surface area contributed by atoms with Crippen molar-refractivity contribution in [1.82, 2.24) is 9.97 Å². The number of benzene rings is 1. The summed E-state index contributed by atoms with van der Waals surface area (Å²) in [7, 11) is 3.38. The monoisotopic (exact) mass is 261 g/mol. The van der Waals surface area contributed by atoms with E-state index < -0.39 is 0 Å². The van der Waals surface area contributed by atoms with Crippen LogP contribution in [0.15, 0.2) is 24.3 Å². The maximum Gasteiger partial charge on any atom is 0.161 e. The summed E-state index contributed by atoms with van der Waals surface area (Å²) in [4.78, 5) is 8.70. The molecular weight excluding hydrogens is 245 g/mol. The summed E-state index contributed by atoms with van der Waals surface area (Å²) in [6.45, 7) is 2.11. The molecule has 0 bridgehead atoms. The molecule has 2 rings (SSSR count). The minimum absolute atomic E-state index is 0.260. The highest BCUT2D eigenvalue weighted by molar-refractivity contribution is 5.58. The second kappa shape index (κ2) is 5.75. The lowest BCUT2D eigenvalue weighted by atomic mass is 10.1. The van der Waals surface area contributed by atoms with E-state index in [1.807, 2.05) is 6.07 Å². The van der Waals surface area contributed by atoms with Crippen LogP contribution >= 0.6 is 0 Å². The van der Waals surface area contributed by atoms with Gasteiger partial charge in [-0.25, -0.2) is 14.4 Å². The third kappa shape index (κ3) is 3.06. The molecule has 19 heavy (non-hydrogen) atoms. The van der Waals surface area contributed by atoms with Crippen molar-refractivity contribution in [3.8, 4) is 11.4 Å². The van der Waals surface area contributed by atoms with Crippen molar-refractivity contribution in [2.75, 3.05) is 19.5 Å². The van der Waals surface area contributed by atoms with Crippen molar-refractivity contribution in [2.24, 2.45) is 0 Å². The molecule has 1 aromatic heterocycles. The molecule has 0 amide bonds. The highest BCUT2D eigenvalue weighted by Crippen LogP contribution is 2.20. The molecule has 0 saturated heterocycles. The molecule has 1 heterocycles. The molecule has 100 valence electrons. The predicted molar refractivity (Wildman–Crippen MR) is 72.4 cm³/mol. The molecule has 0 aliphatic heterocycles. The Morgan fingerprint density at radius 1 is 1.26 bits per heavy atom. The summed E-state index contributed by atoms with van der Waals surface area (Å²) in [5, 5.41) is 2.96. The first-order valence-corrected chi connectivity index (χ1v) is 5.95. The molecule has 0 aliphatic carbocycles. The molecule has 4 nitrogen and oxygen atoms in total. The standard InChI is InChI=1S/C14H16FN3O/c1-9-4-5-10(6-12(9)15)14-17-11(8-19-3)7-13(16-2)18-14/h4-7H,8H2,1-3H3,(H,16,17,18). The molecule has 0 radical (unpaired) electrons. The fraction of sp³-hybridized carbons (Fsp3) is 0.286. The summed E-state index contributed by atoms with van der Waals surface area (Å²) in [5.74, 6) is 0.903. The molecule has 1 aromatic carbocycles. The van der Waals surface area contributed by atoms with E-state index in [9.17, 15) is 4.39 Å². The normalized spacial score (nSPS) is 10.5. The Bertz CT molecular complexity index is 587. The lowest BCUT2D eigenvalue weighted by Gasteiger charge is -2.08. The number of nitrogens with zero attached hydrogens (tertiary/aromatic N) is 2. The van der Waals surface area contributed by atoms with Crippen molar-refractivity contribution in [2.45, 2.75) is 13.5 Å². The number of methoxy groups -OCH3 is 1. The Kier molecular flexibility index (Phi) is 4.06. The number of nitrogens with one attached hydrogen (secondary N) is 1. The summed E-state index contributed by atoms with van der Waals surface area (Å²) in [5.41, 5.74) is 2.00. The maximum atomic E-state index is 13.6. The Labute approximate surface area is 111 Å². The van der Waals surface area contributed by atoms with Gasteiger partial charge in [0.1, 0.15) is 11.6 Å². The van der Waals surface area contributed by atoms with E-state index in [1.54, 1.807) is 33.2 Å². The van der Waals surface area contributed by atoms with Crippen molar-refractivity contribution >= 4 is 5.82 Å². The number of anilines is 1.